The fourth-order valence-electron chi connectivity index (χ4n) is 1.91. The topological polar surface area (TPSA) is 13.1 Å². The monoisotopic (exact) mass is 260 g/mol. The molecule has 3 rings (SSSR count). The van der Waals surface area contributed by atoms with Crippen molar-refractivity contribution in [3.63, 3.8) is 0 Å². The van der Waals surface area contributed by atoms with E-state index in [1.165, 1.54) is 16.2 Å². The van der Waals surface area contributed by atoms with Gasteiger partial charge in [-0.1, -0.05) is 46.3 Å². The molecule has 0 amide bonds. The number of hydrogen-bond donors (Lipinski definition) is 0. The molecule has 74 valence electrons. The predicted octanol–water partition coefficient (Wildman–Crippen LogP) is 4.48. The van der Waals surface area contributed by atoms with E-state index in [9.17, 15) is 0 Å². The van der Waals surface area contributed by atoms with Crippen molar-refractivity contribution in [3.8, 4) is 0 Å². The van der Waals surface area contributed by atoms with Gasteiger partial charge in [-0.3, -0.25) is 0 Å². The lowest BCUT2D eigenvalue weighted by atomic mass is 10.1. The van der Waals surface area contributed by atoms with E-state index in [1.54, 1.807) is 0 Å². The maximum atomic E-state index is 5.68. The summed E-state index contributed by atoms with van der Waals surface area (Å²) in [7, 11) is 0. The van der Waals surface area contributed by atoms with Crippen molar-refractivity contribution in [3.05, 3.63) is 48.2 Å². The van der Waals surface area contributed by atoms with E-state index < -0.39 is 0 Å². The number of hydrogen-bond acceptors (Lipinski definition) is 1. The van der Waals surface area contributed by atoms with Crippen LogP contribution in [0.4, 0.5) is 0 Å². The van der Waals surface area contributed by atoms with Crippen LogP contribution in [0, 0.1) is 0 Å². The van der Waals surface area contributed by atoms with Crippen molar-refractivity contribution >= 4 is 37.7 Å². The molecule has 0 saturated heterocycles. The third-order valence-corrected chi connectivity index (χ3v) is 3.16. The quantitative estimate of drug-likeness (QED) is 0.588. The number of alkyl halides is 1. The Morgan fingerprint density at radius 1 is 1.00 bits per heavy atom. The van der Waals surface area contributed by atoms with Crippen LogP contribution in [0.3, 0.4) is 0 Å². The van der Waals surface area contributed by atoms with Crippen LogP contribution in [0.25, 0.3) is 21.7 Å². The molecule has 1 aromatic heterocycles. The predicted molar refractivity (Wildman–Crippen MR) is 66.4 cm³/mol. The second-order valence-corrected chi connectivity index (χ2v) is 4.11. The smallest absolute Gasteiger partial charge is 0.134 e. The Hall–Kier alpha value is -1.28. The van der Waals surface area contributed by atoms with E-state index >= 15 is 0 Å². The second kappa shape index (κ2) is 3.38. The zero-order valence-electron chi connectivity index (χ0n) is 8.03. The van der Waals surface area contributed by atoms with Crippen LogP contribution in [-0.4, -0.2) is 0 Å². The lowest BCUT2D eigenvalue weighted by molar-refractivity contribution is 0.575. The summed E-state index contributed by atoms with van der Waals surface area (Å²) in [6.07, 6.45) is 0. The number of furan rings is 1. The highest BCUT2D eigenvalue weighted by Gasteiger charge is 2.05. The Bertz CT molecular complexity index is 625. The fourth-order valence-corrected chi connectivity index (χ4v) is 2.19. The van der Waals surface area contributed by atoms with Gasteiger partial charge in [-0.25, -0.2) is 0 Å². The van der Waals surface area contributed by atoms with Crippen LogP contribution in [0.2, 0.25) is 0 Å². The van der Waals surface area contributed by atoms with Crippen LogP contribution >= 0.6 is 15.9 Å². The number of benzene rings is 2. The Labute approximate surface area is 95.8 Å². The Kier molecular flexibility index (Phi) is 2.03. The summed E-state index contributed by atoms with van der Waals surface area (Å²) in [5, 5.41) is 4.47. The van der Waals surface area contributed by atoms with Crippen molar-refractivity contribution in [1.29, 1.82) is 0 Å². The maximum absolute atomic E-state index is 5.68. The average molecular weight is 261 g/mol. The van der Waals surface area contributed by atoms with Crippen molar-refractivity contribution in [2.24, 2.45) is 0 Å². The molecule has 0 fully saturated rings. The third kappa shape index (κ3) is 1.37. The van der Waals surface area contributed by atoms with Gasteiger partial charge in [0, 0.05) is 5.39 Å². The maximum Gasteiger partial charge on any atom is 0.134 e. The molecule has 0 saturated carbocycles. The summed E-state index contributed by atoms with van der Waals surface area (Å²) >= 11 is 3.41. The Morgan fingerprint density at radius 3 is 2.73 bits per heavy atom. The van der Waals surface area contributed by atoms with Gasteiger partial charge in [0.2, 0.25) is 0 Å². The summed E-state index contributed by atoms with van der Waals surface area (Å²) in [5.74, 6) is 0.973. The normalized spacial score (nSPS) is 11.3. The Morgan fingerprint density at radius 2 is 1.87 bits per heavy atom. The first kappa shape index (κ1) is 8.98. The second-order valence-electron chi connectivity index (χ2n) is 3.54. The molecular formula is C13H9BrO. The minimum Gasteiger partial charge on any atom is -0.460 e. The van der Waals surface area contributed by atoms with E-state index in [0.29, 0.717) is 0 Å². The van der Waals surface area contributed by atoms with Gasteiger partial charge in [-0.2, -0.15) is 0 Å². The van der Waals surface area contributed by atoms with Gasteiger partial charge in [0.15, 0.2) is 0 Å². The van der Waals surface area contributed by atoms with Crippen LogP contribution in [0.5, 0.6) is 0 Å². The molecule has 3 aromatic rings. The van der Waals surface area contributed by atoms with Gasteiger partial charge in [0.1, 0.15) is 11.3 Å². The number of halogens is 1. The highest BCUT2D eigenvalue weighted by molar-refractivity contribution is 9.08. The molecule has 0 bridgehead atoms. The molecule has 1 nitrogen and oxygen atoms in total. The molecule has 2 heteroatoms. The third-order valence-electron chi connectivity index (χ3n) is 2.61. The first-order chi connectivity index (χ1) is 7.38. The molecular weight excluding hydrogens is 252 g/mol. The SMILES string of the molecule is BrCc1cc2c(ccc3ccccc32)o1. The van der Waals surface area contributed by atoms with Gasteiger partial charge < -0.3 is 4.42 Å². The van der Waals surface area contributed by atoms with Crippen molar-refractivity contribution in [1.82, 2.24) is 0 Å². The van der Waals surface area contributed by atoms with Crippen LogP contribution in [-0.2, 0) is 5.33 Å². The number of fused-ring (bicyclic) bond motifs is 3. The summed E-state index contributed by atoms with van der Waals surface area (Å²) in [6, 6.07) is 14.6. The van der Waals surface area contributed by atoms with Crippen LogP contribution in [0.15, 0.2) is 46.9 Å². The molecule has 15 heavy (non-hydrogen) atoms. The van der Waals surface area contributed by atoms with Gasteiger partial charge in [0.05, 0.1) is 5.33 Å². The lowest BCUT2D eigenvalue weighted by Crippen LogP contribution is -1.71. The van der Waals surface area contributed by atoms with E-state index in [-0.39, 0.29) is 0 Å². The average Bonchev–Trinajstić information content (AvgIpc) is 2.72. The standard InChI is InChI=1S/C13H9BrO/c14-8-10-7-12-11-4-2-1-3-9(11)5-6-13(12)15-10/h1-7H,8H2. The van der Waals surface area contributed by atoms with Crippen molar-refractivity contribution in [2.75, 3.05) is 0 Å². The van der Waals surface area contributed by atoms with Gasteiger partial charge >= 0.3 is 0 Å². The highest BCUT2D eigenvalue weighted by Crippen LogP contribution is 2.28. The van der Waals surface area contributed by atoms with Crippen LogP contribution in [0.1, 0.15) is 5.76 Å². The molecule has 0 spiro atoms. The highest BCUT2D eigenvalue weighted by atomic mass is 79.9. The summed E-state index contributed by atoms with van der Waals surface area (Å²) < 4.78 is 5.68. The molecule has 0 aliphatic heterocycles. The molecule has 0 unspecified atom stereocenters. The summed E-state index contributed by atoms with van der Waals surface area (Å²) in [4.78, 5) is 0. The Balaban J connectivity index is 2.47. The first-order valence-corrected chi connectivity index (χ1v) is 5.97. The van der Waals surface area contributed by atoms with Gasteiger partial charge in [-0.05, 0) is 22.9 Å². The fraction of sp³-hybridized carbons (Fsp3) is 0.0769. The van der Waals surface area contributed by atoms with E-state index in [0.717, 1.165) is 16.7 Å². The van der Waals surface area contributed by atoms with Gasteiger partial charge in [0.25, 0.3) is 0 Å². The molecule has 1 heterocycles. The zero-order valence-corrected chi connectivity index (χ0v) is 9.62. The zero-order chi connectivity index (χ0) is 10.3. The molecule has 0 aliphatic carbocycles. The first-order valence-electron chi connectivity index (χ1n) is 4.84. The van der Waals surface area contributed by atoms with E-state index in [2.05, 4.69) is 52.3 Å². The lowest BCUT2D eigenvalue weighted by Gasteiger charge is -1.96. The summed E-state index contributed by atoms with van der Waals surface area (Å²) in [6.45, 7) is 0. The van der Waals surface area contributed by atoms with E-state index in [4.69, 9.17) is 4.42 Å². The van der Waals surface area contributed by atoms with Crippen molar-refractivity contribution in [2.45, 2.75) is 5.33 Å². The largest absolute Gasteiger partial charge is 0.460 e. The van der Waals surface area contributed by atoms with Crippen molar-refractivity contribution < 1.29 is 4.42 Å². The summed E-state index contributed by atoms with van der Waals surface area (Å²) in [5.41, 5.74) is 0.961. The van der Waals surface area contributed by atoms with E-state index in [1.807, 2.05) is 6.07 Å². The van der Waals surface area contributed by atoms with Crippen LogP contribution < -0.4 is 0 Å². The molecule has 0 radical (unpaired) electrons. The molecule has 0 aliphatic rings. The minimum absolute atomic E-state index is 0.760. The number of rotatable bonds is 1. The molecule has 0 N–H and O–H groups in total. The minimum atomic E-state index is 0.760. The molecule has 2 aromatic carbocycles. The van der Waals surface area contributed by atoms with Gasteiger partial charge in [-0.15, -0.1) is 0 Å². The molecule has 0 atom stereocenters.